The van der Waals surface area contributed by atoms with Gasteiger partial charge in [0.1, 0.15) is 0 Å². The molecule has 0 spiro atoms. The van der Waals surface area contributed by atoms with Crippen molar-refractivity contribution < 1.29 is 15.0 Å². The van der Waals surface area contributed by atoms with Crippen molar-refractivity contribution in [3.8, 4) is 0 Å². The van der Waals surface area contributed by atoms with Crippen LogP contribution in [0.4, 0.5) is 0 Å². The molecule has 10 atom stereocenters. The van der Waals surface area contributed by atoms with Crippen LogP contribution in [-0.2, 0) is 4.79 Å². The highest BCUT2D eigenvalue weighted by Gasteiger charge is 2.69. The van der Waals surface area contributed by atoms with Gasteiger partial charge in [-0.1, -0.05) is 60.1 Å². The highest BCUT2D eigenvalue weighted by atomic mass is 16.4. The Kier molecular flexibility index (Phi) is 5.15. The molecular formula is C30H48O3. The molecule has 4 saturated carbocycles. The van der Waals surface area contributed by atoms with Gasteiger partial charge in [0.2, 0.25) is 0 Å². The standard InChI is InChI=1S/C30H48O3/c1-18-10-15-30(25(32)33)17-16-28(6)20(24(30)19(18)2)8-9-22-27(5)13-12-23(31)26(3,4)21(27)11-14-29(22,28)7/h8,18-19,21-24,31H,9-17H2,1-7H3,(H,32,33)/t18-,19+,21+,22?,23+,24-,27+,28+,29-,30-/m1/s1. The van der Waals surface area contributed by atoms with Gasteiger partial charge in [0.25, 0.3) is 0 Å². The van der Waals surface area contributed by atoms with Crippen molar-refractivity contribution in [2.75, 3.05) is 0 Å². The second-order valence-corrected chi connectivity index (χ2v) is 14.5. The number of carboxylic acids is 1. The molecule has 3 heteroatoms. The van der Waals surface area contributed by atoms with E-state index in [0.717, 1.165) is 44.9 Å². The fraction of sp³-hybridized carbons (Fsp3) is 0.900. The number of rotatable bonds is 1. The summed E-state index contributed by atoms with van der Waals surface area (Å²) in [5.41, 5.74) is 1.46. The predicted molar refractivity (Wildman–Crippen MR) is 133 cm³/mol. The Morgan fingerprint density at radius 3 is 2.27 bits per heavy atom. The summed E-state index contributed by atoms with van der Waals surface area (Å²) in [6.45, 7) is 17.0. The first-order chi connectivity index (χ1) is 15.3. The minimum atomic E-state index is -0.557. The Labute approximate surface area is 201 Å². The lowest BCUT2D eigenvalue weighted by Crippen LogP contribution is -2.65. The second-order valence-electron chi connectivity index (χ2n) is 14.5. The summed E-state index contributed by atoms with van der Waals surface area (Å²) >= 11 is 0. The molecule has 0 aromatic carbocycles. The van der Waals surface area contributed by atoms with Crippen molar-refractivity contribution in [3.63, 3.8) is 0 Å². The first-order valence-electron chi connectivity index (χ1n) is 13.9. The Morgan fingerprint density at radius 1 is 0.909 bits per heavy atom. The summed E-state index contributed by atoms with van der Waals surface area (Å²) in [5.74, 6) is 1.82. The third-order valence-corrected chi connectivity index (χ3v) is 13.4. The smallest absolute Gasteiger partial charge is 0.310 e. The maximum Gasteiger partial charge on any atom is 0.310 e. The van der Waals surface area contributed by atoms with E-state index in [9.17, 15) is 15.0 Å². The van der Waals surface area contributed by atoms with Gasteiger partial charge in [-0.15, -0.1) is 0 Å². The van der Waals surface area contributed by atoms with Gasteiger partial charge in [-0.3, -0.25) is 4.79 Å². The summed E-state index contributed by atoms with van der Waals surface area (Å²) in [5, 5.41) is 21.4. The molecule has 3 nitrogen and oxygen atoms in total. The molecule has 4 fully saturated rings. The van der Waals surface area contributed by atoms with Crippen LogP contribution in [-0.4, -0.2) is 22.3 Å². The van der Waals surface area contributed by atoms with E-state index in [0.29, 0.717) is 23.7 Å². The van der Waals surface area contributed by atoms with Gasteiger partial charge < -0.3 is 10.2 Å². The minimum absolute atomic E-state index is 0.0302. The van der Waals surface area contributed by atoms with Crippen LogP contribution in [0.1, 0.15) is 106 Å². The van der Waals surface area contributed by atoms with E-state index in [1.807, 2.05) is 0 Å². The van der Waals surface area contributed by atoms with Crippen molar-refractivity contribution in [1.82, 2.24) is 0 Å². The molecule has 0 aromatic heterocycles. The molecule has 5 rings (SSSR count). The van der Waals surface area contributed by atoms with Gasteiger partial charge in [0.15, 0.2) is 0 Å². The van der Waals surface area contributed by atoms with Gasteiger partial charge >= 0.3 is 5.97 Å². The van der Waals surface area contributed by atoms with E-state index >= 15 is 0 Å². The summed E-state index contributed by atoms with van der Waals surface area (Å²) in [4.78, 5) is 12.8. The zero-order valence-electron chi connectivity index (χ0n) is 22.2. The fourth-order valence-electron chi connectivity index (χ4n) is 10.8. The maximum atomic E-state index is 12.8. The molecule has 0 radical (unpaired) electrons. The molecule has 5 aliphatic rings. The number of aliphatic hydroxyl groups excluding tert-OH is 1. The van der Waals surface area contributed by atoms with Gasteiger partial charge in [-0.25, -0.2) is 0 Å². The van der Waals surface area contributed by atoms with Crippen LogP contribution >= 0.6 is 0 Å². The summed E-state index contributed by atoms with van der Waals surface area (Å²) in [6, 6.07) is 0. The number of aliphatic carboxylic acids is 1. The van der Waals surface area contributed by atoms with Gasteiger partial charge in [-0.05, 0) is 109 Å². The fourth-order valence-corrected chi connectivity index (χ4v) is 10.8. The zero-order chi connectivity index (χ0) is 24.2. The summed E-state index contributed by atoms with van der Waals surface area (Å²) in [6.07, 6.45) is 11.6. The Bertz CT molecular complexity index is 874. The van der Waals surface area contributed by atoms with Crippen LogP contribution in [0.5, 0.6) is 0 Å². The lowest BCUT2D eigenvalue weighted by atomic mass is 9.33. The van der Waals surface area contributed by atoms with E-state index in [4.69, 9.17) is 0 Å². The molecule has 186 valence electrons. The number of fused-ring (bicyclic) bond motifs is 7. The summed E-state index contributed by atoms with van der Waals surface area (Å²) < 4.78 is 0. The van der Waals surface area contributed by atoms with Crippen molar-refractivity contribution >= 4 is 5.97 Å². The number of carboxylic acid groups (broad SMARTS) is 1. The number of allylic oxidation sites excluding steroid dienone is 2. The number of hydrogen-bond acceptors (Lipinski definition) is 2. The van der Waals surface area contributed by atoms with E-state index in [2.05, 4.69) is 54.5 Å². The molecule has 0 heterocycles. The predicted octanol–water partition coefficient (Wildman–Crippen LogP) is 7.09. The molecule has 0 amide bonds. The van der Waals surface area contributed by atoms with E-state index in [-0.39, 0.29) is 33.7 Å². The van der Waals surface area contributed by atoms with Crippen LogP contribution in [0, 0.1) is 56.7 Å². The lowest BCUT2D eigenvalue weighted by molar-refractivity contribution is -0.206. The molecule has 1 unspecified atom stereocenters. The van der Waals surface area contributed by atoms with Crippen LogP contribution in [0.25, 0.3) is 0 Å². The molecule has 0 saturated heterocycles. The molecule has 0 aliphatic heterocycles. The Morgan fingerprint density at radius 2 is 1.61 bits per heavy atom. The molecule has 33 heavy (non-hydrogen) atoms. The topological polar surface area (TPSA) is 57.5 Å². The number of aliphatic hydroxyl groups is 1. The van der Waals surface area contributed by atoms with Crippen molar-refractivity contribution in [3.05, 3.63) is 11.6 Å². The third kappa shape index (κ3) is 2.75. The average Bonchev–Trinajstić information content (AvgIpc) is 2.74. The van der Waals surface area contributed by atoms with E-state index in [1.54, 1.807) is 0 Å². The van der Waals surface area contributed by atoms with Crippen LogP contribution in [0.2, 0.25) is 0 Å². The van der Waals surface area contributed by atoms with Crippen LogP contribution in [0.3, 0.4) is 0 Å². The number of carbonyl (C=O) groups is 1. The zero-order valence-corrected chi connectivity index (χ0v) is 22.2. The van der Waals surface area contributed by atoms with Crippen molar-refractivity contribution in [1.29, 1.82) is 0 Å². The molecule has 0 aromatic rings. The first-order valence-corrected chi connectivity index (χ1v) is 13.9. The molecule has 5 aliphatic carbocycles. The highest BCUT2D eigenvalue weighted by Crippen LogP contribution is 2.75. The Hall–Kier alpha value is -0.830. The quantitative estimate of drug-likeness (QED) is 0.414. The minimum Gasteiger partial charge on any atom is -0.481 e. The maximum absolute atomic E-state index is 12.8. The SMILES string of the molecule is C[C@H]1[C@H](C)CC[C@@]2(C(=O)O)CC[C@@]3(C)C(=CCC4[C@@]5(C)CC[C@H](O)C(C)(C)[C@@H]5CC[C@]43C)[C@@H]12. The normalized spacial score (nSPS) is 55.3. The number of hydrogen-bond donors (Lipinski definition) is 2. The van der Waals surface area contributed by atoms with Gasteiger partial charge in [0, 0.05) is 0 Å². The highest BCUT2D eigenvalue weighted by molar-refractivity contribution is 5.76. The third-order valence-electron chi connectivity index (χ3n) is 13.4. The second kappa shape index (κ2) is 7.11. The van der Waals surface area contributed by atoms with Crippen LogP contribution in [0.15, 0.2) is 11.6 Å². The van der Waals surface area contributed by atoms with Gasteiger partial charge in [-0.2, -0.15) is 0 Å². The van der Waals surface area contributed by atoms with E-state index in [1.165, 1.54) is 18.4 Å². The lowest BCUT2D eigenvalue weighted by Gasteiger charge is -2.71. The largest absolute Gasteiger partial charge is 0.481 e. The van der Waals surface area contributed by atoms with Crippen LogP contribution < -0.4 is 0 Å². The first kappa shape index (κ1) is 23.9. The Balaban J connectivity index is 1.61. The summed E-state index contributed by atoms with van der Waals surface area (Å²) in [7, 11) is 0. The van der Waals surface area contributed by atoms with E-state index < -0.39 is 11.4 Å². The molecular weight excluding hydrogens is 408 g/mol. The molecule has 0 bridgehead atoms. The average molecular weight is 457 g/mol. The monoisotopic (exact) mass is 456 g/mol. The molecule has 2 N–H and O–H groups in total. The van der Waals surface area contributed by atoms with Crippen molar-refractivity contribution in [2.24, 2.45) is 56.7 Å². The van der Waals surface area contributed by atoms with Crippen molar-refractivity contribution in [2.45, 2.75) is 112 Å². The van der Waals surface area contributed by atoms with Gasteiger partial charge in [0.05, 0.1) is 11.5 Å².